The normalized spacial score (nSPS) is 11.0. The predicted molar refractivity (Wildman–Crippen MR) is 96.4 cm³/mol. The highest BCUT2D eigenvalue weighted by molar-refractivity contribution is 5.55. The SMILES string of the molecule is Cc1cc(C)n(Cc2cc(-c3cccnc3)[n+](-c3ccccc3)[nH]2)n1. The Labute approximate surface area is 146 Å². The molecule has 0 spiro atoms. The van der Waals surface area contributed by atoms with E-state index in [4.69, 9.17) is 0 Å². The minimum absolute atomic E-state index is 0.701. The molecule has 0 saturated heterocycles. The number of aromatic nitrogens is 5. The summed E-state index contributed by atoms with van der Waals surface area (Å²) in [5, 5.41) is 8.07. The third kappa shape index (κ3) is 3.08. The van der Waals surface area contributed by atoms with Gasteiger partial charge in [-0.2, -0.15) is 10.2 Å². The highest BCUT2D eigenvalue weighted by Gasteiger charge is 2.21. The zero-order valence-corrected chi connectivity index (χ0v) is 14.3. The van der Waals surface area contributed by atoms with Crippen molar-refractivity contribution in [3.8, 4) is 16.9 Å². The Balaban J connectivity index is 1.80. The van der Waals surface area contributed by atoms with Crippen molar-refractivity contribution in [1.29, 1.82) is 0 Å². The number of aryl methyl sites for hydroxylation is 2. The molecule has 0 radical (unpaired) electrons. The molecule has 1 N–H and O–H groups in total. The van der Waals surface area contributed by atoms with Crippen molar-refractivity contribution in [3.63, 3.8) is 0 Å². The van der Waals surface area contributed by atoms with E-state index in [0.717, 1.165) is 34.0 Å². The van der Waals surface area contributed by atoms with Crippen LogP contribution in [-0.4, -0.2) is 19.9 Å². The highest BCUT2D eigenvalue weighted by Crippen LogP contribution is 2.18. The van der Waals surface area contributed by atoms with Crippen molar-refractivity contribution < 1.29 is 4.68 Å². The van der Waals surface area contributed by atoms with E-state index in [0.29, 0.717) is 6.54 Å². The number of aromatic amines is 1. The maximum atomic E-state index is 4.56. The van der Waals surface area contributed by atoms with E-state index in [1.807, 2.05) is 42.1 Å². The number of nitrogens with zero attached hydrogens (tertiary/aromatic N) is 4. The molecule has 3 heterocycles. The average molecular weight is 330 g/mol. The quantitative estimate of drug-likeness (QED) is 0.584. The zero-order chi connectivity index (χ0) is 17.2. The third-order valence-electron chi connectivity index (χ3n) is 4.20. The van der Waals surface area contributed by atoms with Gasteiger partial charge < -0.3 is 0 Å². The van der Waals surface area contributed by atoms with E-state index >= 15 is 0 Å². The molecule has 124 valence electrons. The van der Waals surface area contributed by atoms with Gasteiger partial charge >= 0.3 is 0 Å². The van der Waals surface area contributed by atoms with Gasteiger partial charge in [0.2, 0.25) is 11.4 Å². The van der Waals surface area contributed by atoms with Gasteiger partial charge in [-0.1, -0.05) is 22.9 Å². The maximum absolute atomic E-state index is 4.56. The molecule has 1 aromatic carbocycles. The van der Waals surface area contributed by atoms with Crippen LogP contribution in [0.1, 0.15) is 17.1 Å². The summed E-state index contributed by atoms with van der Waals surface area (Å²) in [5.41, 5.74) is 6.52. The number of pyridine rings is 1. The summed E-state index contributed by atoms with van der Waals surface area (Å²) in [6.07, 6.45) is 3.68. The molecule has 4 rings (SSSR count). The number of hydrogen-bond donors (Lipinski definition) is 1. The summed E-state index contributed by atoms with van der Waals surface area (Å²) in [5.74, 6) is 0. The van der Waals surface area contributed by atoms with Gasteiger partial charge in [0, 0.05) is 36.3 Å². The molecule has 0 amide bonds. The minimum atomic E-state index is 0.701. The van der Waals surface area contributed by atoms with E-state index in [2.05, 4.69) is 57.1 Å². The third-order valence-corrected chi connectivity index (χ3v) is 4.20. The second-order valence-electron chi connectivity index (χ2n) is 6.16. The van der Waals surface area contributed by atoms with Crippen LogP contribution in [0.25, 0.3) is 16.9 Å². The Hall–Kier alpha value is -3.21. The monoisotopic (exact) mass is 330 g/mol. The molecule has 3 aromatic heterocycles. The first-order valence-corrected chi connectivity index (χ1v) is 8.31. The van der Waals surface area contributed by atoms with Gasteiger partial charge in [0.05, 0.1) is 17.8 Å². The first-order chi connectivity index (χ1) is 12.2. The molecule has 5 heteroatoms. The molecule has 0 fully saturated rings. The first-order valence-electron chi connectivity index (χ1n) is 8.31. The van der Waals surface area contributed by atoms with Crippen molar-refractivity contribution in [2.24, 2.45) is 0 Å². The number of nitrogens with one attached hydrogen (secondary N) is 1. The van der Waals surface area contributed by atoms with Crippen LogP contribution in [0.4, 0.5) is 0 Å². The summed E-state index contributed by atoms with van der Waals surface area (Å²) >= 11 is 0. The van der Waals surface area contributed by atoms with Crippen LogP contribution in [0.5, 0.6) is 0 Å². The highest BCUT2D eigenvalue weighted by atomic mass is 15.3. The van der Waals surface area contributed by atoms with Crippen LogP contribution in [0.2, 0.25) is 0 Å². The van der Waals surface area contributed by atoms with Crippen LogP contribution in [0, 0.1) is 13.8 Å². The summed E-state index contributed by atoms with van der Waals surface area (Å²) < 4.78 is 4.11. The van der Waals surface area contributed by atoms with Gasteiger partial charge in [-0.3, -0.25) is 9.67 Å². The number of hydrogen-bond acceptors (Lipinski definition) is 2. The van der Waals surface area contributed by atoms with Gasteiger partial charge in [-0.05, 0) is 32.0 Å². The van der Waals surface area contributed by atoms with Crippen molar-refractivity contribution in [2.45, 2.75) is 20.4 Å². The molecule has 0 aliphatic rings. The molecular weight excluding hydrogens is 310 g/mol. The molecule has 0 aliphatic carbocycles. The second-order valence-corrected chi connectivity index (χ2v) is 6.16. The Morgan fingerprint density at radius 3 is 2.56 bits per heavy atom. The van der Waals surface area contributed by atoms with Crippen molar-refractivity contribution in [3.05, 3.63) is 84.1 Å². The topological polar surface area (TPSA) is 50.4 Å². The summed E-state index contributed by atoms with van der Waals surface area (Å²) in [6, 6.07) is 18.6. The number of para-hydroxylation sites is 1. The van der Waals surface area contributed by atoms with Crippen LogP contribution < -0.4 is 4.68 Å². The van der Waals surface area contributed by atoms with E-state index in [1.54, 1.807) is 6.20 Å². The van der Waals surface area contributed by atoms with E-state index in [9.17, 15) is 0 Å². The molecule has 5 nitrogen and oxygen atoms in total. The molecule has 0 bridgehead atoms. The molecule has 0 atom stereocenters. The van der Waals surface area contributed by atoms with Crippen LogP contribution >= 0.6 is 0 Å². The molecular formula is C20H20N5+. The van der Waals surface area contributed by atoms with E-state index in [-0.39, 0.29) is 0 Å². The summed E-state index contributed by atoms with van der Waals surface area (Å²) in [6.45, 7) is 4.80. The number of rotatable bonds is 4. The molecule has 0 saturated carbocycles. The van der Waals surface area contributed by atoms with Gasteiger partial charge in [0.25, 0.3) is 0 Å². The molecule has 0 aliphatic heterocycles. The second kappa shape index (κ2) is 6.36. The van der Waals surface area contributed by atoms with Crippen LogP contribution in [-0.2, 0) is 6.54 Å². The summed E-state index contributed by atoms with van der Waals surface area (Å²) in [4.78, 5) is 4.26. The van der Waals surface area contributed by atoms with Crippen LogP contribution in [0.3, 0.4) is 0 Å². The van der Waals surface area contributed by atoms with E-state index in [1.165, 1.54) is 0 Å². The zero-order valence-electron chi connectivity index (χ0n) is 14.3. The Morgan fingerprint density at radius 2 is 1.88 bits per heavy atom. The van der Waals surface area contributed by atoms with Crippen LogP contribution in [0.15, 0.2) is 67.0 Å². The van der Waals surface area contributed by atoms with Gasteiger partial charge in [0.1, 0.15) is 5.69 Å². The van der Waals surface area contributed by atoms with Crippen molar-refractivity contribution in [1.82, 2.24) is 19.9 Å². The lowest BCUT2D eigenvalue weighted by Crippen LogP contribution is -2.35. The van der Waals surface area contributed by atoms with E-state index < -0.39 is 0 Å². The fourth-order valence-electron chi connectivity index (χ4n) is 3.05. The maximum Gasteiger partial charge on any atom is 0.246 e. The lowest BCUT2D eigenvalue weighted by Gasteiger charge is -2.00. The van der Waals surface area contributed by atoms with Crippen molar-refractivity contribution >= 4 is 0 Å². The summed E-state index contributed by atoms with van der Waals surface area (Å²) in [7, 11) is 0. The lowest BCUT2D eigenvalue weighted by molar-refractivity contribution is -0.645. The Morgan fingerprint density at radius 1 is 1.04 bits per heavy atom. The average Bonchev–Trinajstić information content (AvgIpc) is 3.20. The fourth-order valence-corrected chi connectivity index (χ4v) is 3.05. The van der Waals surface area contributed by atoms with Gasteiger partial charge in [-0.15, -0.1) is 0 Å². The Bertz CT molecular complexity index is 927. The molecule has 0 unspecified atom stereocenters. The fraction of sp³-hybridized carbons (Fsp3) is 0.150. The molecule has 25 heavy (non-hydrogen) atoms. The Kier molecular flexibility index (Phi) is 3.90. The van der Waals surface area contributed by atoms with Gasteiger partial charge in [0.15, 0.2) is 0 Å². The molecule has 4 aromatic rings. The standard InChI is InChI=1S/C20H19N5/c1-15-11-16(2)24(22-15)14-18-12-20(17-7-6-10-21-13-17)25(23-18)19-8-4-3-5-9-19/h3-13H,14H2,1-2H3/p+1. The largest absolute Gasteiger partial charge is 0.264 e. The first kappa shape index (κ1) is 15.3. The predicted octanol–water partition coefficient (Wildman–Crippen LogP) is 3.22. The minimum Gasteiger partial charge on any atom is -0.264 e. The van der Waals surface area contributed by atoms with Gasteiger partial charge in [-0.25, -0.2) is 0 Å². The number of benzene rings is 1. The van der Waals surface area contributed by atoms with Crippen molar-refractivity contribution in [2.75, 3.05) is 0 Å². The number of H-pyrrole nitrogens is 1. The smallest absolute Gasteiger partial charge is 0.246 e. The lowest BCUT2D eigenvalue weighted by atomic mass is 10.2.